The lowest BCUT2D eigenvalue weighted by molar-refractivity contribution is -0.340. The average Bonchev–Trinajstić information content (AvgIpc) is 2.44. The topological polar surface area (TPSA) is 107 Å². The van der Waals surface area contributed by atoms with E-state index in [2.05, 4.69) is 0 Å². The van der Waals surface area contributed by atoms with Crippen molar-refractivity contribution in [2.45, 2.75) is 43.5 Å². The normalized spacial score (nSPS) is 37.6. The molecule has 110 valence electrons. The number of hydrogen-bond acceptors (Lipinski definition) is 6. The molecule has 0 amide bonds. The van der Waals surface area contributed by atoms with Gasteiger partial charge in [0.05, 0.1) is 12.5 Å². The summed E-state index contributed by atoms with van der Waals surface area (Å²) >= 11 is 0. The fourth-order valence-corrected chi connectivity index (χ4v) is 2.29. The summed E-state index contributed by atoms with van der Waals surface area (Å²) in [4.78, 5) is 12.1. The van der Waals surface area contributed by atoms with Crippen LogP contribution >= 0.6 is 0 Å². The quantitative estimate of drug-likeness (QED) is 0.554. The van der Waals surface area contributed by atoms with Crippen LogP contribution in [0, 0.1) is 0 Å². The molecule has 0 aromatic heterocycles. The number of rotatable bonds is 3. The van der Waals surface area contributed by atoms with Gasteiger partial charge in [-0.1, -0.05) is 30.3 Å². The van der Waals surface area contributed by atoms with Gasteiger partial charge in [-0.2, -0.15) is 0 Å². The Morgan fingerprint density at radius 2 is 1.80 bits per heavy atom. The fourth-order valence-electron chi connectivity index (χ4n) is 2.29. The fraction of sp³-hybridized carbons (Fsp3) is 0.500. The maximum atomic E-state index is 12.1. The zero-order valence-corrected chi connectivity index (χ0v) is 11.0. The molecule has 1 aliphatic rings. The van der Waals surface area contributed by atoms with E-state index in [1.54, 1.807) is 30.3 Å². The van der Waals surface area contributed by atoms with E-state index in [4.69, 9.17) is 4.74 Å². The molecule has 0 aliphatic carbocycles. The van der Waals surface area contributed by atoms with Gasteiger partial charge in [0.2, 0.25) is 5.79 Å². The predicted octanol–water partition coefficient (Wildman–Crippen LogP) is -0.551. The number of benzene rings is 1. The smallest absolute Gasteiger partial charge is 0.202 e. The number of aliphatic hydroxyl groups excluding tert-OH is 3. The maximum Gasteiger partial charge on any atom is 0.202 e. The van der Waals surface area contributed by atoms with Crippen LogP contribution in [-0.2, 0) is 4.74 Å². The van der Waals surface area contributed by atoms with E-state index in [1.165, 1.54) is 6.92 Å². The van der Waals surface area contributed by atoms with Gasteiger partial charge in [0.1, 0.15) is 18.3 Å². The van der Waals surface area contributed by atoms with Crippen LogP contribution < -0.4 is 0 Å². The Morgan fingerprint density at radius 3 is 2.40 bits per heavy atom. The van der Waals surface area contributed by atoms with Crippen molar-refractivity contribution >= 4 is 5.78 Å². The highest BCUT2D eigenvalue weighted by Crippen LogP contribution is 2.31. The third kappa shape index (κ3) is 2.74. The molecule has 1 aliphatic heterocycles. The van der Waals surface area contributed by atoms with E-state index >= 15 is 0 Å². The summed E-state index contributed by atoms with van der Waals surface area (Å²) in [6, 6.07) is 8.26. The summed E-state index contributed by atoms with van der Waals surface area (Å²) in [7, 11) is 0. The van der Waals surface area contributed by atoms with Crippen molar-refractivity contribution in [2.24, 2.45) is 0 Å². The average molecular weight is 282 g/mol. The second-order valence-corrected chi connectivity index (χ2v) is 5.06. The minimum Gasteiger partial charge on any atom is -0.388 e. The molecule has 1 heterocycles. The van der Waals surface area contributed by atoms with Gasteiger partial charge in [0.15, 0.2) is 5.78 Å². The monoisotopic (exact) mass is 282 g/mol. The summed E-state index contributed by atoms with van der Waals surface area (Å²) < 4.78 is 5.14. The number of Topliss-reactive ketones (excluding diaryl/α,β-unsaturated/α-hetero) is 1. The Balaban J connectivity index is 2.16. The molecule has 0 radical (unpaired) electrons. The van der Waals surface area contributed by atoms with Crippen molar-refractivity contribution in [1.82, 2.24) is 0 Å². The second-order valence-electron chi connectivity index (χ2n) is 5.06. The SMILES string of the molecule is C[C@@H]1O[C@@](O)(CC(=O)c2ccccc2)[C@@H](O)[C@H](O)[C@@H]1O. The highest BCUT2D eigenvalue weighted by molar-refractivity contribution is 5.96. The van der Waals surface area contributed by atoms with Crippen LogP contribution in [0.3, 0.4) is 0 Å². The molecular weight excluding hydrogens is 264 g/mol. The Morgan fingerprint density at radius 1 is 1.20 bits per heavy atom. The molecule has 0 unspecified atom stereocenters. The van der Waals surface area contributed by atoms with Crippen LogP contribution in [-0.4, -0.2) is 56.4 Å². The van der Waals surface area contributed by atoms with E-state index < -0.39 is 42.4 Å². The Hall–Kier alpha value is -1.31. The second kappa shape index (κ2) is 5.59. The van der Waals surface area contributed by atoms with Gasteiger partial charge < -0.3 is 25.2 Å². The lowest BCUT2D eigenvalue weighted by Crippen LogP contribution is -2.64. The van der Waals surface area contributed by atoms with E-state index in [-0.39, 0.29) is 0 Å². The Kier molecular flexibility index (Phi) is 4.22. The van der Waals surface area contributed by atoms with E-state index in [9.17, 15) is 25.2 Å². The standard InChI is InChI=1S/C14H18O6/c1-8-11(16)12(17)13(18)14(19,20-8)7-10(15)9-5-3-2-4-6-9/h2-6,8,11-13,16-19H,7H2,1H3/t8-,11+,12+,13-,14-/m0/s1. The number of carbonyl (C=O) groups is 1. The van der Waals surface area contributed by atoms with Crippen molar-refractivity contribution in [1.29, 1.82) is 0 Å². The Labute approximate surface area is 116 Å². The van der Waals surface area contributed by atoms with Gasteiger partial charge in [-0.15, -0.1) is 0 Å². The van der Waals surface area contributed by atoms with Crippen LogP contribution in [0.25, 0.3) is 0 Å². The molecule has 1 saturated heterocycles. The molecule has 6 heteroatoms. The minimum atomic E-state index is -2.22. The largest absolute Gasteiger partial charge is 0.388 e. The van der Waals surface area contributed by atoms with Crippen LogP contribution in [0.5, 0.6) is 0 Å². The number of aliphatic hydroxyl groups is 4. The molecule has 5 atom stereocenters. The van der Waals surface area contributed by atoms with Crippen molar-refractivity contribution < 1.29 is 30.0 Å². The van der Waals surface area contributed by atoms with Gasteiger partial charge >= 0.3 is 0 Å². The molecule has 6 nitrogen and oxygen atoms in total. The molecule has 2 rings (SSSR count). The third-order valence-electron chi connectivity index (χ3n) is 3.52. The molecular formula is C14H18O6. The molecule has 1 aromatic rings. The van der Waals surface area contributed by atoms with Gasteiger partial charge in [-0.25, -0.2) is 0 Å². The molecule has 1 aromatic carbocycles. The lowest BCUT2D eigenvalue weighted by atomic mass is 9.89. The summed E-state index contributed by atoms with van der Waals surface area (Å²) in [5, 5.41) is 39.4. The lowest BCUT2D eigenvalue weighted by Gasteiger charge is -2.44. The first-order valence-electron chi connectivity index (χ1n) is 6.38. The van der Waals surface area contributed by atoms with Crippen LogP contribution in [0.2, 0.25) is 0 Å². The predicted molar refractivity (Wildman–Crippen MR) is 68.9 cm³/mol. The molecule has 0 spiro atoms. The number of carbonyl (C=O) groups excluding carboxylic acids is 1. The minimum absolute atomic E-state index is 0.366. The van der Waals surface area contributed by atoms with Crippen molar-refractivity contribution in [3.63, 3.8) is 0 Å². The van der Waals surface area contributed by atoms with Crippen LogP contribution in [0.1, 0.15) is 23.7 Å². The van der Waals surface area contributed by atoms with E-state index in [0.29, 0.717) is 5.56 Å². The molecule has 0 bridgehead atoms. The summed E-state index contributed by atoms with van der Waals surface area (Å²) in [5.74, 6) is -2.65. The van der Waals surface area contributed by atoms with E-state index in [1.807, 2.05) is 0 Å². The molecule has 4 N–H and O–H groups in total. The first-order valence-corrected chi connectivity index (χ1v) is 6.38. The number of ketones is 1. The zero-order valence-electron chi connectivity index (χ0n) is 11.0. The van der Waals surface area contributed by atoms with Crippen molar-refractivity contribution in [3.8, 4) is 0 Å². The highest BCUT2D eigenvalue weighted by Gasteiger charge is 2.52. The molecule has 1 fully saturated rings. The highest BCUT2D eigenvalue weighted by atomic mass is 16.7. The van der Waals surface area contributed by atoms with Crippen LogP contribution in [0.15, 0.2) is 30.3 Å². The maximum absolute atomic E-state index is 12.1. The first-order chi connectivity index (χ1) is 9.35. The summed E-state index contributed by atoms with van der Waals surface area (Å²) in [6.45, 7) is 1.44. The molecule has 20 heavy (non-hydrogen) atoms. The summed E-state index contributed by atoms with van der Waals surface area (Å²) in [6.07, 6.45) is -6.07. The first kappa shape index (κ1) is 15.1. The Bertz CT molecular complexity index is 476. The van der Waals surface area contributed by atoms with Gasteiger partial charge in [0.25, 0.3) is 0 Å². The number of ether oxygens (including phenoxy) is 1. The van der Waals surface area contributed by atoms with E-state index in [0.717, 1.165) is 0 Å². The van der Waals surface area contributed by atoms with Gasteiger partial charge in [-0.05, 0) is 6.92 Å². The number of hydrogen-bond donors (Lipinski definition) is 4. The molecule has 0 saturated carbocycles. The van der Waals surface area contributed by atoms with Crippen molar-refractivity contribution in [2.75, 3.05) is 0 Å². The van der Waals surface area contributed by atoms with Crippen LogP contribution in [0.4, 0.5) is 0 Å². The zero-order chi connectivity index (χ0) is 14.9. The van der Waals surface area contributed by atoms with Crippen molar-refractivity contribution in [3.05, 3.63) is 35.9 Å². The third-order valence-corrected chi connectivity index (χ3v) is 3.52. The summed E-state index contributed by atoms with van der Waals surface area (Å²) in [5.41, 5.74) is 0.366. The van der Waals surface area contributed by atoms with Gasteiger partial charge in [0, 0.05) is 5.56 Å². The van der Waals surface area contributed by atoms with Gasteiger partial charge in [-0.3, -0.25) is 4.79 Å².